The maximum atomic E-state index is 11.2. The third-order valence-electron chi connectivity index (χ3n) is 3.76. The zero-order chi connectivity index (χ0) is 13.2. The number of amides is 1. The predicted octanol–water partition coefficient (Wildman–Crippen LogP) is 1.87. The van der Waals surface area contributed by atoms with Crippen LogP contribution >= 0.6 is 0 Å². The zero-order valence-corrected chi connectivity index (χ0v) is 11.2. The lowest BCUT2D eigenvalue weighted by Crippen LogP contribution is -2.22. The number of carbonyl (C=O) groups is 1. The Balaban J connectivity index is 1.83. The van der Waals surface area contributed by atoms with E-state index in [1.54, 1.807) is 0 Å². The molecule has 2 heterocycles. The molecule has 1 N–H and O–H groups in total. The summed E-state index contributed by atoms with van der Waals surface area (Å²) in [4.78, 5) is 15.6. The number of carbonyl (C=O) groups excluding carboxylic acids is 1. The number of ether oxygens (including phenoxy) is 1. The van der Waals surface area contributed by atoms with Crippen LogP contribution in [-0.4, -0.2) is 24.0 Å². The molecule has 0 radical (unpaired) electrons. The van der Waals surface area contributed by atoms with E-state index < -0.39 is 0 Å². The van der Waals surface area contributed by atoms with Gasteiger partial charge in [-0.25, -0.2) is 4.98 Å². The minimum atomic E-state index is 0.0957. The van der Waals surface area contributed by atoms with Crippen LogP contribution in [0.4, 0.5) is 0 Å². The maximum absolute atomic E-state index is 11.2. The van der Waals surface area contributed by atoms with Gasteiger partial charge in [-0.2, -0.15) is 0 Å². The molecule has 0 spiro atoms. The summed E-state index contributed by atoms with van der Waals surface area (Å²) in [6, 6.07) is 0. The summed E-state index contributed by atoms with van der Waals surface area (Å²) < 4.78 is 5.52. The molecule has 1 aromatic rings. The van der Waals surface area contributed by atoms with Gasteiger partial charge in [-0.3, -0.25) is 4.79 Å². The number of pyridine rings is 1. The first-order valence-corrected chi connectivity index (χ1v) is 6.89. The monoisotopic (exact) mass is 258 g/mol. The van der Waals surface area contributed by atoms with Crippen LogP contribution in [0.3, 0.4) is 0 Å². The van der Waals surface area contributed by atoms with Gasteiger partial charge in [0.1, 0.15) is 0 Å². The van der Waals surface area contributed by atoms with Gasteiger partial charge in [-0.1, -0.05) is 13.0 Å². The highest BCUT2D eigenvalue weighted by Crippen LogP contribution is 2.39. The fraction of sp³-hybridized carbons (Fsp3) is 0.467. The van der Waals surface area contributed by atoms with E-state index in [1.165, 1.54) is 22.3 Å². The molecule has 1 amide bonds. The van der Waals surface area contributed by atoms with Crippen LogP contribution in [0, 0.1) is 0 Å². The van der Waals surface area contributed by atoms with Gasteiger partial charge >= 0.3 is 0 Å². The molecule has 0 saturated carbocycles. The zero-order valence-electron chi connectivity index (χ0n) is 11.2. The van der Waals surface area contributed by atoms with Crippen LogP contribution < -0.4 is 10.1 Å². The Morgan fingerprint density at radius 2 is 2.37 bits per heavy atom. The summed E-state index contributed by atoms with van der Waals surface area (Å²) >= 11 is 0. The van der Waals surface area contributed by atoms with Gasteiger partial charge in [0.15, 0.2) is 0 Å². The number of allylic oxidation sites excluding steroid dienone is 1. The van der Waals surface area contributed by atoms with Crippen molar-refractivity contribution in [2.75, 3.05) is 13.2 Å². The van der Waals surface area contributed by atoms with Gasteiger partial charge in [-0.05, 0) is 29.5 Å². The van der Waals surface area contributed by atoms with E-state index in [-0.39, 0.29) is 5.91 Å². The minimum Gasteiger partial charge on any atom is -0.477 e. The Kier molecular flexibility index (Phi) is 3.23. The van der Waals surface area contributed by atoms with Gasteiger partial charge in [0.25, 0.3) is 0 Å². The smallest absolute Gasteiger partial charge is 0.219 e. The number of rotatable bonds is 3. The molecular formula is C15H18N2O2. The van der Waals surface area contributed by atoms with E-state index in [4.69, 9.17) is 4.74 Å². The van der Waals surface area contributed by atoms with Crippen molar-refractivity contribution in [3.05, 3.63) is 29.0 Å². The van der Waals surface area contributed by atoms with E-state index in [1.807, 2.05) is 13.1 Å². The largest absolute Gasteiger partial charge is 0.477 e. The number of fused-ring (bicyclic) bond motifs is 3. The molecule has 0 saturated heterocycles. The molecule has 1 aliphatic heterocycles. The molecular weight excluding hydrogens is 240 g/mol. The fourth-order valence-electron chi connectivity index (χ4n) is 2.79. The topological polar surface area (TPSA) is 51.2 Å². The number of nitrogens with zero attached hydrogens (tertiary/aromatic N) is 1. The summed E-state index contributed by atoms with van der Waals surface area (Å²) in [5.41, 5.74) is 5.23. The highest BCUT2D eigenvalue weighted by Gasteiger charge is 2.26. The predicted molar refractivity (Wildman–Crippen MR) is 73.0 cm³/mol. The van der Waals surface area contributed by atoms with E-state index >= 15 is 0 Å². The lowest BCUT2D eigenvalue weighted by molar-refractivity contribution is -0.120. The van der Waals surface area contributed by atoms with Crippen LogP contribution in [0.25, 0.3) is 5.57 Å². The molecule has 100 valence electrons. The molecule has 4 nitrogen and oxygen atoms in total. The normalized spacial score (nSPS) is 18.1. The Morgan fingerprint density at radius 1 is 1.47 bits per heavy atom. The number of hydrogen-bond acceptors (Lipinski definition) is 3. The molecule has 4 heteroatoms. The number of aryl methyl sites for hydroxylation is 1. The van der Waals surface area contributed by atoms with Crippen molar-refractivity contribution < 1.29 is 9.53 Å². The second kappa shape index (κ2) is 5.03. The number of hydrogen-bond donors (Lipinski definition) is 1. The SMILES string of the molecule is CCC(=O)NC/C=C1\CCc2cnc3c(c21)CCO3. The van der Waals surface area contributed by atoms with Crippen molar-refractivity contribution in [1.82, 2.24) is 10.3 Å². The molecule has 19 heavy (non-hydrogen) atoms. The van der Waals surface area contributed by atoms with Gasteiger partial charge in [0.05, 0.1) is 6.61 Å². The molecule has 1 aromatic heterocycles. The Bertz CT molecular complexity index is 549. The van der Waals surface area contributed by atoms with Crippen molar-refractivity contribution in [1.29, 1.82) is 0 Å². The van der Waals surface area contributed by atoms with Crippen LogP contribution in [0.2, 0.25) is 0 Å². The first kappa shape index (κ1) is 12.2. The molecule has 2 aliphatic rings. The standard InChI is InChI=1S/C15H18N2O2/c1-2-13(18)16-7-5-10-3-4-11-9-17-15-12(14(10)11)6-8-19-15/h5,9H,2-4,6-8H2,1H3,(H,16,18)/b10-5+. The molecule has 0 unspecified atom stereocenters. The number of nitrogens with one attached hydrogen (secondary N) is 1. The second-order valence-corrected chi connectivity index (χ2v) is 4.93. The van der Waals surface area contributed by atoms with E-state index in [2.05, 4.69) is 16.4 Å². The summed E-state index contributed by atoms with van der Waals surface area (Å²) in [5.74, 6) is 0.891. The van der Waals surface area contributed by atoms with Crippen LogP contribution in [0.15, 0.2) is 12.3 Å². The summed E-state index contributed by atoms with van der Waals surface area (Å²) in [6.45, 7) is 3.21. The van der Waals surface area contributed by atoms with E-state index in [9.17, 15) is 4.79 Å². The summed E-state index contributed by atoms with van der Waals surface area (Å²) in [7, 11) is 0. The van der Waals surface area contributed by atoms with Crippen molar-refractivity contribution >= 4 is 11.5 Å². The molecule has 3 rings (SSSR count). The quantitative estimate of drug-likeness (QED) is 0.900. The van der Waals surface area contributed by atoms with Crippen LogP contribution in [0.1, 0.15) is 36.5 Å². The highest BCUT2D eigenvalue weighted by atomic mass is 16.5. The molecule has 0 aromatic carbocycles. The van der Waals surface area contributed by atoms with Crippen molar-refractivity contribution in [3.63, 3.8) is 0 Å². The van der Waals surface area contributed by atoms with Gasteiger partial charge in [-0.15, -0.1) is 0 Å². The Labute approximate surface area is 112 Å². The summed E-state index contributed by atoms with van der Waals surface area (Å²) in [6.07, 6.45) is 7.64. The maximum Gasteiger partial charge on any atom is 0.219 e. The van der Waals surface area contributed by atoms with Crippen molar-refractivity contribution in [2.45, 2.75) is 32.6 Å². The summed E-state index contributed by atoms with van der Waals surface area (Å²) in [5, 5.41) is 2.90. The van der Waals surface area contributed by atoms with Crippen LogP contribution in [-0.2, 0) is 17.6 Å². The van der Waals surface area contributed by atoms with Gasteiger partial charge in [0.2, 0.25) is 11.8 Å². The molecule has 0 bridgehead atoms. The van der Waals surface area contributed by atoms with E-state index in [0.717, 1.165) is 31.7 Å². The van der Waals surface area contributed by atoms with Crippen molar-refractivity contribution in [3.8, 4) is 5.88 Å². The second-order valence-electron chi connectivity index (χ2n) is 4.93. The van der Waals surface area contributed by atoms with E-state index in [0.29, 0.717) is 13.0 Å². The van der Waals surface area contributed by atoms with Crippen LogP contribution in [0.5, 0.6) is 5.88 Å². The molecule has 0 atom stereocenters. The lowest BCUT2D eigenvalue weighted by Gasteiger charge is -2.07. The number of aromatic nitrogens is 1. The Morgan fingerprint density at radius 3 is 3.21 bits per heavy atom. The third-order valence-corrected chi connectivity index (χ3v) is 3.76. The highest BCUT2D eigenvalue weighted by molar-refractivity contribution is 5.78. The average molecular weight is 258 g/mol. The molecule has 1 aliphatic carbocycles. The average Bonchev–Trinajstić information content (AvgIpc) is 3.03. The Hall–Kier alpha value is -1.84. The lowest BCUT2D eigenvalue weighted by atomic mass is 10.0. The minimum absolute atomic E-state index is 0.0957. The first-order chi connectivity index (χ1) is 9.29. The van der Waals surface area contributed by atoms with Gasteiger partial charge in [0, 0.05) is 31.1 Å². The van der Waals surface area contributed by atoms with Crippen molar-refractivity contribution in [2.24, 2.45) is 0 Å². The third kappa shape index (κ3) is 2.23. The van der Waals surface area contributed by atoms with Gasteiger partial charge < -0.3 is 10.1 Å². The molecule has 0 fully saturated rings. The first-order valence-electron chi connectivity index (χ1n) is 6.89. The fourth-order valence-corrected chi connectivity index (χ4v) is 2.79.